The Hall–Kier alpha value is -2.45. The van der Waals surface area contributed by atoms with Crippen LogP contribution in [0.2, 0.25) is 0 Å². The molecule has 1 aliphatic heterocycles. The number of carbonyl (C=O) groups excluding carboxylic acids is 1. The van der Waals surface area contributed by atoms with E-state index in [0.717, 1.165) is 0 Å². The molecule has 26 heavy (non-hydrogen) atoms. The molecular weight excluding hydrogens is 407 g/mol. The number of carbonyl (C=O) groups is 1. The van der Waals surface area contributed by atoms with Gasteiger partial charge in [0.2, 0.25) is 0 Å². The first kappa shape index (κ1) is 18.3. The summed E-state index contributed by atoms with van der Waals surface area (Å²) in [5.74, 6) is 0.393. The maximum atomic E-state index is 13.2. The van der Waals surface area contributed by atoms with Gasteiger partial charge in [0.05, 0.1) is 10.7 Å². The Kier molecular flexibility index (Phi) is 5.85. The van der Waals surface area contributed by atoms with E-state index in [-0.39, 0.29) is 5.82 Å². The predicted octanol–water partition coefficient (Wildman–Crippen LogP) is 3.20. The molecule has 0 saturated carbocycles. The van der Waals surface area contributed by atoms with Crippen molar-refractivity contribution in [3.8, 4) is 11.5 Å². The molecule has 0 fully saturated rings. The third kappa shape index (κ3) is 4.20. The number of nitrogens with one attached hydrogen (secondary N) is 1. The molecule has 1 unspecified atom stereocenters. The highest BCUT2D eigenvalue weighted by atomic mass is 79.9. The van der Waals surface area contributed by atoms with Gasteiger partial charge in [-0.1, -0.05) is 12.1 Å². The Labute approximate surface area is 158 Å². The summed E-state index contributed by atoms with van der Waals surface area (Å²) in [7, 11) is 1.43. The summed E-state index contributed by atoms with van der Waals surface area (Å²) in [5, 5.41) is 3.89. The highest BCUT2D eigenvalue weighted by molar-refractivity contribution is 9.10. The van der Waals surface area contributed by atoms with Crippen molar-refractivity contribution in [3.05, 3.63) is 57.8 Å². The molecule has 0 aromatic heterocycles. The van der Waals surface area contributed by atoms with Crippen molar-refractivity contribution in [1.82, 2.24) is 5.43 Å². The second-order valence-electron chi connectivity index (χ2n) is 5.43. The van der Waals surface area contributed by atoms with Crippen molar-refractivity contribution < 1.29 is 23.4 Å². The van der Waals surface area contributed by atoms with Gasteiger partial charge in [-0.25, -0.2) is 9.82 Å². The van der Waals surface area contributed by atoms with Gasteiger partial charge < -0.3 is 14.2 Å². The number of hydrogen-bond acceptors (Lipinski definition) is 5. The normalized spacial score (nSPS) is 14.3. The Bertz CT molecular complexity index is 844. The molecule has 2 aromatic carbocycles. The second kappa shape index (κ2) is 8.29. The van der Waals surface area contributed by atoms with Crippen molar-refractivity contribution in [2.45, 2.75) is 6.10 Å². The summed E-state index contributed by atoms with van der Waals surface area (Å²) in [6.07, 6.45) is 0.557. The fraction of sp³-hybridized carbons (Fsp3) is 0.222. The third-order valence-corrected chi connectivity index (χ3v) is 4.28. The zero-order chi connectivity index (χ0) is 18.5. The summed E-state index contributed by atoms with van der Waals surface area (Å²) in [5.41, 5.74) is 3.67. The standard InChI is InChI=1S/C18H16BrFN2O4/c1-24-17(12-3-5-15-16(9-12)26-7-6-25-15)18(23)22-21-10-11-2-4-14(20)13(19)8-11/h2-5,8-10,17H,6-7H2,1H3,(H,22,23)/b21-10+. The van der Waals surface area contributed by atoms with E-state index >= 15 is 0 Å². The van der Waals surface area contributed by atoms with Crippen molar-refractivity contribution in [1.29, 1.82) is 0 Å². The largest absolute Gasteiger partial charge is 0.486 e. The van der Waals surface area contributed by atoms with Gasteiger partial charge in [-0.3, -0.25) is 4.79 Å². The number of nitrogens with zero attached hydrogens (tertiary/aromatic N) is 1. The van der Waals surface area contributed by atoms with Gasteiger partial charge in [-0.05, 0) is 51.3 Å². The van der Waals surface area contributed by atoms with Crippen LogP contribution in [0, 0.1) is 5.82 Å². The minimum Gasteiger partial charge on any atom is -0.486 e. The summed E-state index contributed by atoms with van der Waals surface area (Å²) in [4.78, 5) is 12.4. The van der Waals surface area contributed by atoms with Crippen LogP contribution < -0.4 is 14.9 Å². The molecule has 1 aliphatic rings. The molecule has 0 saturated heterocycles. The molecule has 136 valence electrons. The Balaban J connectivity index is 1.68. The molecule has 8 heteroatoms. The van der Waals surface area contributed by atoms with Crippen LogP contribution in [0.4, 0.5) is 4.39 Å². The molecule has 0 radical (unpaired) electrons. The number of halogens is 2. The Morgan fingerprint density at radius 3 is 2.77 bits per heavy atom. The zero-order valence-electron chi connectivity index (χ0n) is 13.9. The molecule has 0 bridgehead atoms. The molecule has 1 atom stereocenters. The summed E-state index contributed by atoms with van der Waals surface area (Å²) in [6, 6.07) is 9.60. The highest BCUT2D eigenvalue weighted by Crippen LogP contribution is 2.33. The molecule has 1 amide bonds. The molecule has 0 aliphatic carbocycles. The number of hydrogen-bond donors (Lipinski definition) is 1. The van der Waals surface area contributed by atoms with Crippen LogP contribution in [-0.4, -0.2) is 32.4 Å². The van der Waals surface area contributed by atoms with E-state index in [2.05, 4.69) is 26.5 Å². The van der Waals surface area contributed by atoms with E-state index in [0.29, 0.717) is 40.3 Å². The molecule has 1 N–H and O–H groups in total. The van der Waals surface area contributed by atoms with Crippen LogP contribution in [0.3, 0.4) is 0 Å². The zero-order valence-corrected chi connectivity index (χ0v) is 15.5. The van der Waals surface area contributed by atoms with Gasteiger partial charge in [0, 0.05) is 7.11 Å². The maximum Gasteiger partial charge on any atom is 0.273 e. The van der Waals surface area contributed by atoms with E-state index in [4.69, 9.17) is 14.2 Å². The van der Waals surface area contributed by atoms with Gasteiger partial charge >= 0.3 is 0 Å². The maximum absolute atomic E-state index is 13.2. The fourth-order valence-electron chi connectivity index (χ4n) is 2.44. The van der Waals surface area contributed by atoms with E-state index in [9.17, 15) is 9.18 Å². The van der Waals surface area contributed by atoms with Crippen molar-refractivity contribution in [3.63, 3.8) is 0 Å². The number of fused-ring (bicyclic) bond motifs is 1. The number of methoxy groups -OCH3 is 1. The second-order valence-corrected chi connectivity index (χ2v) is 6.28. The van der Waals surface area contributed by atoms with E-state index in [1.807, 2.05) is 0 Å². The van der Waals surface area contributed by atoms with Crippen LogP contribution in [0.5, 0.6) is 11.5 Å². The monoisotopic (exact) mass is 422 g/mol. The minimum atomic E-state index is -0.858. The lowest BCUT2D eigenvalue weighted by atomic mass is 10.1. The first-order chi connectivity index (χ1) is 12.6. The molecular formula is C18H16BrFN2O4. The highest BCUT2D eigenvalue weighted by Gasteiger charge is 2.22. The van der Waals surface area contributed by atoms with Crippen LogP contribution in [0.15, 0.2) is 46.0 Å². The molecule has 2 aromatic rings. The number of amides is 1. The molecule has 1 heterocycles. The third-order valence-electron chi connectivity index (χ3n) is 3.67. The number of benzene rings is 2. The van der Waals surface area contributed by atoms with E-state index in [1.54, 1.807) is 30.3 Å². The van der Waals surface area contributed by atoms with Gasteiger partial charge in [0.25, 0.3) is 5.91 Å². The Morgan fingerprint density at radius 1 is 1.27 bits per heavy atom. The minimum absolute atomic E-state index is 0.318. The Morgan fingerprint density at radius 2 is 2.04 bits per heavy atom. The van der Waals surface area contributed by atoms with Gasteiger partial charge in [-0.15, -0.1) is 0 Å². The first-order valence-electron chi connectivity index (χ1n) is 7.79. The van der Waals surface area contributed by atoms with Crippen LogP contribution in [-0.2, 0) is 9.53 Å². The van der Waals surface area contributed by atoms with Crippen LogP contribution in [0.25, 0.3) is 0 Å². The van der Waals surface area contributed by atoms with Crippen molar-refractivity contribution >= 4 is 28.1 Å². The summed E-state index contributed by atoms with van der Waals surface area (Å²) < 4.78 is 29.8. The number of hydrazone groups is 1. The van der Waals surface area contributed by atoms with Gasteiger partial charge in [0.1, 0.15) is 19.0 Å². The quantitative estimate of drug-likeness (QED) is 0.593. The van der Waals surface area contributed by atoms with Gasteiger partial charge in [0.15, 0.2) is 17.6 Å². The predicted molar refractivity (Wildman–Crippen MR) is 97.0 cm³/mol. The number of rotatable bonds is 5. The van der Waals surface area contributed by atoms with Crippen LogP contribution in [0.1, 0.15) is 17.2 Å². The average molecular weight is 423 g/mol. The lowest BCUT2D eigenvalue weighted by Crippen LogP contribution is -2.27. The summed E-state index contributed by atoms with van der Waals surface area (Å²) in [6.45, 7) is 0.951. The average Bonchev–Trinajstić information content (AvgIpc) is 2.65. The van der Waals surface area contributed by atoms with E-state index in [1.165, 1.54) is 19.4 Å². The van der Waals surface area contributed by atoms with Crippen molar-refractivity contribution in [2.24, 2.45) is 5.10 Å². The van der Waals surface area contributed by atoms with E-state index < -0.39 is 12.0 Å². The lowest BCUT2D eigenvalue weighted by Gasteiger charge is -2.20. The van der Waals surface area contributed by atoms with Crippen LogP contribution >= 0.6 is 15.9 Å². The van der Waals surface area contributed by atoms with Gasteiger partial charge in [-0.2, -0.15) is 5.10 Å². The lowest BCUT2D eigenvalue weighted by molar-refractivity contribution is -0.131. The molecule has 0 spiro atoms. The molecule has 6 nitrogen and oxygen atoms in total. The van der Waals surface area contributed by atoms with Crippen molar-refractivity contribution in [2.75, 3.05) is 20.3 Å². The summed E-state index contributed by atoms with van der Waals surface area (Å²) >= 11 is 3.10. The first-order valence-corrected chi connectivity index (χ1v) is 8.58. The SMILES string of the molecule is COC(C(=O)N/N=C/c1ccc(F)c(Br)c1)c1ccc2c(c1)OCCO2. The smallest absolute Gasteiger partial charge is 0.273 e. The topological polar surface area (TPSA) is 69.2 Å². The molecule has 3 rings (SSSR count). The number of ether oxygens (including phenoxy) is 3. The fourth-order valence-corrected chi connectivity index (χ4v) is 2.84.